The van der Waals surface area contributed by atoms with Gasteiger partial charge in [-0.15, -0.1) is 0 Å². The van der Waals surface area contributed by atoms with Crippen molar-refractivity contribution in [1.29, 1.82) is 0 Å². The highest BCUT2D eigenvalue weighted by molar-refractivity contribution is 7.99. The van der Waals surface area contributed by atoms with Crippen molar-refractivity contribution < 1.29 is 9.52 Å². The molecule has 0 radical (unpaired) electrons. The molecule has 2 unspecified atom stereocenters. The van der Waals surface area contributed by atoms with Crippen molar-refractivity contribution in [2.24, 2.45) is 0 Å². The number of aliphatic hydroxyl groups is 1. The van der Waals surface area contributed by atoms with Gasteiger partial charge in [-0.05, 0) is 33.1 Å². The first-order valence-corrected chi connectivity index (χ1v) is 6.80. The van der Waals surface area contributed by atoms with E-state index in [0.29, 0.717) is 0 Å². The first kappa shape index (κ1) is 13.6. The summed E-state index contributed by atoms with van der Waals surface area (Å²) in [5, 5.41) is 12.8. The van der Waals surface area contributed by atoms with Gasteiger partial charge in [-0.2, -0.15) is 11.8 Å². The minimum absolute atomic E-state index is 0.207. The predicted molar refractivity (Wildman–Crippen MR) is 68.9 cm³/mol. The third-order valence-corrected chi connectivity index (χ3v) is 3.96. The smallest absolute Gasteiger partial charge is 0.105 e. The van der Waals surface area contributed by atoms with Gasteiger partial charge in [0.05, 0.1) is 6.61 Å². The summed E-state index contributed by atoms with van der Waals surface area (Å²) in [7, 11) is 0. The molecular formula is C12H21NO2S. The molecule has 2 atom stereocenters. The molecule has 0 bridgehead atoms. The molecular weight excluding hydrogens is 222 g/mol. The van der Waals surface area contributed by atoms with Crippen molar-refractivity contribution in [3.8, 4) is 0 Å². The monoisotopic (exact) mass is 243 g/mol. The van der Waals surface area contributed by atoms with E-state index in [9.17, 15) is 5.11 Å². The summed E-state index contributed by atoms with van der Waals surface area (Å²) in [6.07, 6.45) is 2.02. The lowest BCUT2D eigenvalue weighted by molar-refractivity contribution is 0.275. The second-order valence-corrected chi connectivity index (χ2v) is 5.14. The highest BCUT2D eigenvalue weighted by Crippen LogP contribution is 2.15. The van der Waals surface area contributed by atoms with Crippen molar-refractivity contribution in [2.45, 2.75) is 38.6 Å². The van der Waals surface area contributed by atoms with Gasteiger partial charge < -0.3 is 14.8 Å². The summed E-state index contributed by atoms with van der Waals surface area (Å²) in [5.74, 6) is 1.92. The lowest BCUT2D eigenvalue weighted by Crippen LogP contribution is -2.37. The third-order valence-electron chi connectivity index (χ3n) is 2.80. The lowest BCUT2D eigenvalue weighted by atomic mass is 10.2. The lowest BCUT2D eigenvalue weighted by Gasteiger charge is -2.21. The molecule has 0 saturated carbocycles. The first-order valence-electron chi connectivity index (χ1n) is 5.51. The molecule has 0 amide bonds. The van der Waals surface area contributed by atoms with Gasteiger partial charge in [0.15, 0.2) is 0 Å². The first-order chi connectivity index (χ1) is 7.58. The molecule has 0 fully saturated rings. The van der Waals surface area contributed by atoms with E-state index >= 15 is 0 Å². The number of nitrogens with one attached hydrogen (secondary N) is 1. The SMILES string of the molecule is CSC(CO)C(C)NCc1cc(C)oc1C. The van der Waals surface area contributed by atoms with Gasteiger partial charge in [0.2, 0.25) is 0 Å². The van der Waals surface area contributed by atoms with Crippen LogP contribution in [0.1, 0.15) is 24.0 Å². The van der Waals surface area contributed by atoms with E-state index in [1.54, 1.807) is 11.8 Å². The molecule has 92 valence electrons. The van der Waals surface area contributed by atoms with Gasteiger partial charge in [0, 0.05) is 23.4 Å². The Bertz CT molecular complexity index is 321. The van der Waals surface area contributed by atoms with Gasteiger partial charge in [-0.3, -0.25) is 0 Å². The third kappa shape index (κ3) is 3.54. The fourth-order valence-corrected chi connectivity index (χ4v) is 2.35. The molecule has 1 aromatic rings. The zero-order valence-electron chi connectivity index (χ0n) is 10.4. The second-order valence-electron chi connectivity index (χ2n) is 4.06. The minimum atomic E-state index is 0.207. The summed E-state index contributed by atoms with van der Waals surface area (Å²) in [6, 6.07) is 2.34. The zero-order valence-corrected chi connectivity index (χ0v) is 11.2. The van der Waals surface area contributed by atoms with Crippen LogP contribution in [0.15, 0.2) is 10.5 Å². The van der Waals surface area contributed by atoms with Crippen LogP contribution in [-0.2, 0) is 6.54 Å². The van der Waals surface area contributed by atoms with Crippen LogP contribution in [0.5, 0.6) is 0 Å². The summed E-state index contributed by atoms with van der Waals surface area (Å²) in [6.45, 7) is 7.03. The highest BCUT2D eigenvalue weighted by atomic mass is 32.2. The summed E-state index contributed by atoms with van der Waals surface area (Å²) >= 11 is 1.69. The molecule has 2 N–H and O–H groups in total. The standard InChI is InChI=1S/C12H21NO2S/c1-8-5-11(10(3)15-8)6-13-9(2)12(7-14)16-4/h5,9,12-14H,6-7H2,1-4H3. The molecule has 0 aromatic carbocycles. The quantitative estimate of drug-likeness (QED) is 0.803. The Morgan fingerprint density at radius 3 is 2.62 bits per heavy atom. The molecule has 4 heteroatoms. The minimum Gasteiger partial charge on any atom is -0.466 e. The molecule has 16 heavy (non-hydrogen) atoms. The molecule has 3 nitrogen and oxygen atoms in total. The number of rotatable bonds is 6. The van der Waals surface area contributed by atoms with Crippen LogP contribution in [0.25, 0.3) is 0 Å². The summed E-state index contributed by atoms with van der Waals surface area (Å²) < 4.78 is 5.47. The maximum atomic E-state index is 9.17. The van der Waals surface area contributed by atoms with Crippen LogP contribution in [-0.4, -0.2) is 29.3 Å². The maximum absolute atomic E-state index is 9.17. The topological polar surface area (TPSA) is 45.4 Å². The average molecular weight is 243 g/mol. The molecule has 1 aromatic heterocycles. The molecule has 0 aliphatic heterocycles. The van der Waals surface area contributed by atoms with Crippen LogP contribution in [0, 0.1) is 13.8 Å². The van der Waals surface area contributed by atoms with Crippen LogP contribution < -0.4 is 5.32 Å². The number of aryl methyl sites for hydroxylation is 2. The van der Waals surface area contributed by atoms with Crippen LogP contribution >= 0.6 is 11.8 Å². The molecule has 1 rings (SSSR count). The van der Waals surface area contributed by atoms with Gasteiger partial charge in [0.1, 0.15) is 11.5 Å². The average Bonchev–Trinajstić information content (AvgIpc) is 2.56. The van der Waals surface area contributed by atoms with Gasteiger partial charge in [0.25, 0.3) is 0 Å². The number of hydrogen-bond acceptors (Lipinski definition) is 4. The van der Waals surface area contributed by atoms with Crippen molar-refractivity contribution >= 4 is 11.8 Å². The largest absolute Gasteiger partial charge is 0.466 e. The van der Waals surface area contributed by atoms with Gasteiger partial charge in [-0.25, -0.2) is 0 Å². The van der Waals surface area contributed by atoms with E-state index in [1.807, 2.05) is 20.1 Å². The molecule has 0 aliphatic carbocycles. The molecule has 0 aliphatic rings. The number of aliphatic hydroxyl groups excluding tert-OH is 1. The van der Waals surface area contributed by atoms with Crippen LogP contribution in [0.4, 0.5) is 0 Å². The Hall–Kier alpha value is -0.450. The summed E-state index contributed by atoms with van der Waals surface area (Å²) in [5.41, 5.74) is 1.20. The van der Waals surface area contributed by atoms with Crippen molar-refractivity contribution in [3.05, 3.63) is 23.2 Å². The Labute approximate surface area is 102 Å². The van der Waals surface area contributed by atoms with E-state index in [2.05, 4.69) is 18.3 Å². The summed E-state index contributed by atoms with van der Waals surface area (Å²) in [4.78, 5) is 0. The van der Waals surface area contributed by atoms with E-state index in [1.165, 1.54) is 5.56 Å². The normalized spacial score (nSPS) is 15.1. The van der Waals surface area contributed by atoms with Gasteiger partial charge >= 0.3 is 0 Å². The zero-order chi connectivity index (χ0) is 12.1. The van der Waals surface area contributed by atoms with Crippen molar-refractivity contribution in [1.82, 2.24) is 5.32 Å². The number of thioether (sulfide) groups is 1. The van der Waals surface area contributed by atoms with E-state index < -0.39 is 0 Å². The fraction of sp³-hybridized carbons (Fsp3) is 0.667. The van der Waals surface area contributed by atoms with E-state index in [4.69, 9.17) is 4.42 Å². The second kappa shape index (κ2) is 6.33. The Balaban J connectivity index is 2.48. The Morgan fingerprint density at radius 1 is 1.50 bits per heavy atom. The molecule has 0 saturated heterocycles. The van der Waals surface area contributed by atoms with Crippen LogP contribution in [0.3, 0.4) is 0 Å². The number of furan rings is 1. The van der Waals surface area contributed by atoms with E-state index in [0.717, 1.165) is 18.1 Å². The van der Waals surface area contributed by atoms with Crippen molar-refractivity contribution in [3.63, 3.8) is 0 Å². The highest BCUT2D eigenvalue weighted by Gasteiger charge is 2.15. The molecule has 0 spiro atoms. The van der Waals surface area contributed by atoms with E-state index in [-0.39, 0.29) is 17.9 Å². The Morgan fingerprint density at radius 2 is 2.19 bits per heavy atom. The predicted octanol–water partition coefficient (Wildman–Crippen LogP) is 2.10. The maximum Gasteiger partial charge on any atom is 0.105 e. The fourth-order valence-electron chi connectivity index (χ4n) is 1.70. The van der Waals surface area contributed by atoms with Crippen LogP contribution in [0.2, 0.25) is 0 Å². The number of hydrogen-bond donors (Lipinski definition) is 2. The van der Waals surface area contributed by atoms with Gasteiger partial charge in [-0.1, -0.05) is 0 Å². The molecule has 1 heterocycles. The Kier molecular flexibility index (Phi) is 5.38. The van der Waals surface area contributed by atoms with Crippen molar-refractivity contribution in [2.75, 3.05) is 12.9 Å².